The standard InChI is InChI=1S/C17H21N3O4/c1-17(2)11-5-4-10(8-12(11)19-16(17)23)15(22)20-6-7-24-13(9-20)14(21)18-3/h4-5,8,13H,6-7,9H2,1-3H3,(H,18,21)(H,19,23). The van der Waals surface area contributed by atoms with Gasteiger partial charge in [0.05, 0.1) is 18.6 Å². The van der Waals surface area contributed by atoms with Crippen LogP contribution in [0.4, 0.5) is 5.69 Å². The van der Waals surface area contributed by atoms with Gasteiger partial charge in [-0.15, -0.1) is 0 Å². The van der Waals surface area contributed by atoms with Crippen molar-refractivity contribution in [3.05, 3.63) is 29.3 Å². The predicted molar refractivity (Wildman–Crippen MR) is 87.8 cm³/mol. The molecule has 3 rings (SSSR count). The van der Waals surface area contributed by atoms with Crippen LogP contribution in [0.2, 0.25) is 0 Å². The summed E-state index contributed by atoms with van der Waals surface area (Å²) in [5.41, 5.74) is 1.45. The maximum atomic E-state index is 12.7. The number of carbonyl (C=O) groups excluding carboxylic acids is 3. The maximum absolute atomic E-state index is 12.7. The molecule has 1 atom stereocenters. The number of carbonyl (C=O) groups is 3. The number of hydrogen-bond acceptors (Lipinski definition) is 4. The van der Waals surface area contributed by atoms with Crippen LogP contribution in [-0.4, -0.2) is 55.5 Å². The number of likely N-dealkylation sites (N-methyl/N-ethyl adjacent to an activating group) is 1. The number of anilines is 1. The van der Waals surface area contributed by atoms with Gasteiger partial charge >= 0.3 is 0 Å². The highest BCUT2D eigenvalue weighted by Gasteiger charge is 2.39. The Balaban J connectivity index is 1.80. The van der Waals surface area contributed by atoms with Gasteiger partial charge in [0.1, 0.15) is 0 Å². The van der Waals surface area contributed by atoms with Gasteiger partial charge in [-0.3, -0.25) is 14.4 Å². The van der Waals surface area contributed by atoms with Crippen LogP contribution < -0.4 is 10.6 Å². The lowest BCUT2D eigenvalue weighted by molar-refractivity contribution is -0.136. The van der Waals surface area contributed by atoms with Crippen molar-refractivity contribution in [1.82, 2.24) is 10.2 Å². The molecule has 3 amide bonds. The molecule has 2 heterocycles. The van der Waals surface area contributed by atoms with Crippen LogP contribution in [0.3, 0.4) is 0 Å². The number of morpholine rings is 1. The fourth-order valence-corrected chi connectivity index (χ4v) is 3.06. The SMILES string of the molecule is CNC(=O)C1CN(C(=O)c2ccc3c(c2)NC(=O)C3(C)C)CCO1. The summed E-state index contributed by atoms with van der Waals surface area (Å²) in [4.78, 5) is 38.1. The minimum atomic E-state index is -0.652. The van der Waals surface area contributed by atoms with Crippen molar-refractivity contribution in [2.45, 2.75) is 25.4 Å². The minimum absolute atomic E-state index is 0.0758. The normalized spacial score (nSPS) is 21.9. The van der Waals surface area contributed by atoms with Crippen LogP contribution in [0.5, 0.6) is 0 Å². The second-order valence-corrected chi connectivity index (χ2v) is 6.56. The van der Waals surface area contributed by atoms with Gasteiger partial charge in [-0.25, -0.2) is 0 Å². The van der Waals surface area contributed by atoms with Crippen LogP contribution in [0, 0.1) is 0 Å². The maximum Gasteiger partial charge on any atom is 0.254 e. The zero-order valence-electron chi connectivity index (χ0n) is 14.0. The summed E-state index contributed by atoms with van der Waals surface area (Å²) in [5, 5.41) is 5.36. The minimum Gasteiger partial charge on any atom is -0.365 e. The van der Waals surface area contributed by atoms with Crippen LogP contribution in [0.1, 0.15) is 29.8 Å². The highest BCUT2D eigenvalue weighted by atomic mass is 16.5. The summed E-state index contributed by atoms with van der Waals surface area (Å²) >= 11 is 0. The lowest BCUT2D eigenvalue weighted by Gasteiger charge is -2.32. The van der Waals surface area contributed by atoms with E-state index in [1.54, 1.807) is 17.0 Å². The van der Waals surface area contributed by atoms with E-state index in [9.17, 15) is 14.4 Å². The fraction of sp³-hybridized carbons (Fsp3) is 0.471. The zero-order chi connectivity index (χ0) is 17.5. The third kappa shape index (κ3) is 2.65. The molecule has 7 heteroatoms. The Labute approximate surface area is 140 Å². The summed E-state index contributed by atoms with van der Waals surface area (Å²) in [7, 11) is 1.54. The van der Waals surface area contributed by atoms with Crippen LogP contribution in [0.15, 0.2) is 18.2 Å². The molecule has 2 N–H and O–H groups in total. The molecule has 1 saturated heterocycles. The van der Waals surface area contributed by atoms with Gasteiger partial charge in [0.2, 0.25) is 5.91 Å². The predicted octanol–water partition coefficient (Wildman–Crippen LogP) is 0.503. The quantitative estimate of drug-likeness (QED) is 0.826. The van der Waals surface area contributed by atoms with E-state index in [-0.39, 0.29) is 24.3 Å². The van der Waals surface area contributed by atoms with Gasteiger partial charge in [0.15, 0.2) is 6.10 Å². The van der Waals surface area contributed by atoms with Crippen molar-refractivity contribution in [2.75, 3.05) is 32.1 Å². The van der Waals surface area contributed by atoms with Gasteiger partial charge in [-0.05, 0) is 31.5 Å². The number of ether oxygens (including phenoxy) is 1. The summed E-state index contributed by atoms with van der Waals surface area (Å²) < 4.78 is 5.40. The highest BCUT2D eigenvalue weighted by Crippen LogP contribution is 2.37. The molecule has 1 aromatic carbocycles. The Kier molecular flexibility index (Phi) is 4.04. The lowest BCUT2D eigenvalue weighted by Crippen LogP contribution is -2.51. The number of nitrogens with zero attached hydrogens (tertiary/aromatic N) is 1. The summed E-state index contributed by atoms with van der Waals surface area (Å²) in [6.45, 7) is 4.67. The van der Waals surface area contributed by atoms with E-state index in [4.69, 9.17) is 4.74 Å². The third-order valence-electron chi connectivity index (χ3n) is 4.65. The molecule has 0 aliphatic carbocycles. The van der Waals surface area contributed by atoms with Gasteiger partial charge in [0, 0.05) is 24.8 Å². The van der Waals surface area contributed by atoms with Crippen molar-refractivity contribution in [2.24, 2.45) is 0 Å². The van der Waals surface area contributed by atoms with E-state index in [0.29, 0.717) is 24.4 Å². The van der Waals surface area contributed by atoms with Gasteiger partial charge in [-0.1, -0.05) is 6.07 Å². The largest absolute Gasteiger partial charge is 0.365 e. The van der Waals surface area contributed by atoms with E-state index >= 15 is 0 Å². The molecular weight excluding hydrogens is 310 g/mol. The van der Waals surface area contributed by atoms with Gasteiger partial charge < -0.3 is 20.3 Å². The molecule has 0 aromatic heterocycles. The first-order valence-electron chi connectivity index (χ1n) is 7.93. The van der Waals surface area contributed by atoms with Crippen LogP contribution in [0.25, 0.3) is 0 Å². The van der Waals surface area contributed by atoms with Gasteiger partial charge in [-0.2, -0.15) is 0 Å². The summed E-state index contributed by atoms with van der Waals surface area (Å²) in [6.07, 6.45) is -0.652. The van der Waals surface area contributed by atoms with E-state index in [1.165, 1.54) is 7.05 Å². The van der Waals surface area contributed by atoms with Gasteiger partial charge in [0.25, 0.3) is 11.8 Å². The average molecular weight is 331 g/mol. The van der Waals surface area contributed by atoms with E-state index in [2.05, 4.69) is 10.6 Å². The smallest absolute Gasteiger partial charge is 0.254 e. The van der Waals surface area contributed by atoms with E-state index in [1.807, 2.05) is 19.9 Å². The highest BCUT2D eigenvalue weighted by molar-refractivity contribution is 6.07. The molecular formula is C17H21N3O4. The van der Waals surface area contributed by atoms with Crippen LogP contribution in [-0.2, 0) is 19.7 Å². The topological polar surface area (TPSA) is 87.7 Å². The number of benzene rings is 1. The molecule has 0 spiro atoms. The Morgan fingerprint density at radius 1 is 1.38 bits per heavy atom. The molecule has 2 aliphatic heterocycles. The van der Waals surface area contributed by atoms with E-state index in [0.717, 1.165) is 5.56 Å². The molecule has 1 unspecified atom stereocenters. The molecule has 7 nitrogen and oxygen atoms in total. The van der Waals surface area contributed by atoms with E-state index < -0.39 is 11.5 Å². The number of hydrogen-bond donors (Lipinski definition) is 2. The second kappa shape index (κ2) is 5.90. The van der Waals surface area contributed by atoms with Crippen molar-refractivity contribution in [3.8, 4) is 0 Å². The molecule has 1 fully saturated rings. The summed E-state index contributed by atoms with van der Waals surface area (Å²) in [5.74, 6) is -0.488. The monoisotopic (exact) mass is 331 g/mol. The number of fused-ring (bicyclic) bond motifs is 1. The Bertz CT molecular complexity index is 714. The Morgan fingerprint density at radius 3 is 2.83 bits per heavy atom. The number of nitrogens with one attached hydrogen (secondary N) is 2. The molecule has 0 bridgehead atoms. The van der Waals surface area contributed by atoms with Crippen molar-refractivity contribution in [3.63, 3.8) is 0 Å². The average Bonchev–Trinajstić information content (AvgIpc) is 2.82. The molecule has 128 valence electrons. The third-order valence-corrected chi connectivity index (χ3v) is 4.65. The van der Waals surface area contributed by atoms with Crippen LogP contribution >= 0.6 is 0 Å². The molecule has 2 aliphatic rings. The molecule has 24 heavy (non-hydrogen) atoms. The van der Waals surface area contributed by atoms with Crippen molar-refractivity contribution >= 4 is 23.4 Å². The molecule has 0 radical (unpaired) electrons. The Hall–Kier alpha value is -2.41. The molecule has 1 aromatic rings. The second-order valence-electron chi connectivity index (χ2n) is 6.56. The van der Waals surface area contributed by atoms with Crippen molar-refractivity contribution in [1.29, 1.82) is 0 Å². The number of amides is 3. The van der Waals surface area contributed by atoms with Crippen molar-refractivity contribution < 1.29 is 19.1 Å². The fourth-order valence-electron chi connectivity index (χ4n) is 3.06. The number of rotatable bonds is 2. The first-order valence-corrected chi connectivity index (χ1v) is 7.93. The molecule has 0 saturated carbocycles. The first kappa shape index (κ1) is 16.4. The lowest BCUT2D eigenvalue weighted by atomic mass is 9.86. The zero-order valence-corrected chi connectivity index (χ0v) is 14.0. The Morgan fingerprint density at radius 2 is 2.12 bits per heavy atom. The first-order chi connectivity index (χ1) is 11.3. The summed E-state index contributed by atoms with van der Waals surface area (Å²) in [6, 6.07) is 5.25.